The van der Waals surface area contributed by atoms with Crippen molar-refractivity contribution in [3.05, 3.63) is 23.8 Å². The minimum Gasteiger partial charge on any atom is -0.462 e. The van der Waals surface area contributed by atoms with Gasteiger partial charge in [-0.1, -0.05) is 13.8 Å². The number of anilines is 2. The highest BCUT2D eigenvalue weighted by atomic mass is 16.5. The van der Waals surface area contributed by atoms with Gasteiger partial charge in [-0.25, -0.2) is 4.79 Å². The van der Waals surface area contributed by atoms with E-state index in [0.717, 1.165) is 18.5 Å². The van der Waals surface area contributed by atoms with Gasteiger partial charge in [0.05, 0.1) is 23.5 Å². The molecule has 4 heteroatoms. The van der Waals surface area contributed by atoms with Gasteiger partial charge in [-0.15, -0.1) is 0 Å². The molecular weight excluding hydrogens is 264 g/mol. The van der Waals surface area contributed by atoms with Gasteiger partial charge in [0, 0.05) is 6.04 Å². The van der Waals surface area contributed by atoms with E-state index in [4.69, 9.17) is 10.5 Å². The predicted octanol–water partition coefficient (Wildman–Crippen LogP) is 3.83. The third-order valence-corrected chi connectivity index (χ3v) is 4.26. The first-order valence-electron chi connectivity index (χ1n) is 7.74. The molecule has 3 N–H and O–H groups in total. The summed E-state index contributed by atoms with van der Waals surface area (Å²) in [5, 5.41) is 3.49. The Hall–Kier alpha value is -1.71. The van der Waals surface area contributed by atoms with Crippen LogP contribution in [-0.2, 0) is 4.74 Å². The number of nitrogens with two attached hydrogens (primary N) is 1. The van der Waals surface area contributed by atoms with Gasteiger partial charge in [0.15, 0.2) is 0 Å². The van der Waals surface area contributed by atoms with Crippen LogP contribution < -0.4 is 11.1 Å². The molecule has 0 heterocycles. The molecule has 0 bridgehead atoms. The van der Waals surface area contributed by atoms with Crippen LogP contribution >= 0.6 is 0 Å². The number of hydrogen-bond acceptors (Lipinski definition) is 4. The van der Waals surface area contributed by atoms with Gasteiger partial charge in [0.25, 0.3) is 0 Å². The molecule has 0 spiro atoms. The average Bonchev–Trinajstić information content (AvgIpc) is 2.43. The maximum atomic E-state index is 11.8. The maximum absolute atomic E-state index is 11.8. The fourth-order valence-electron chi connectivity index (χ4n) is 2.79. The SMILES string of the molecule is CCOC(=O)c1ccc(N)c(NC2CCC(C)(C)CC2)c1. The third kappa shape index (κ3) is 4.13. The molecule has 1 aliphatic rings. The number of nitrogens with one attached hydrogen (secondary N) is 1. The van der Waals surface area contributed by atoms with E-state index < -0.39 is 0 Å². The molecule has 0 aliphatic heterocycles. The molecule has 4 nitrogen and oxygen atoms in total. The second kappa shape index (κ2) is 6.37. The topological polar surface area (TPSA) is 64.3 Å². The number of hydrogen-bond donors (Lipinski definition) is 2. The Balaban J connectivity index is 2.06. The Morgan fingerprint density at radius 1 is 1.38 bits per heavy atom. The van der Waals surface area contributed by atoms with Crippen molar-refractivity contribution in [3.63, 3.8) is 0 Å². The molecule has 1 aromatic rings. The molecule has 0 aromatic heterocycles. The number of ether oxygens (including phenoxy) is 1. The normalized spacial score (nSPS) is 18.2. The summed E-state index contributed by atoms with van der Waals surface area (Å²) in [6, 6.07) is 5.70. The molecule has 1 aliphatic carbocycles. The van der Waals surface area contributed by atoms with E-state index >= 15 is 0 Å². The van der Waals surface area contributed by atoms with Crippen molar-refractivity contribution in [2.75, 3.05) is 17.7 Å². The Labute approximate surface area is 127 Å². The summed E-state index contributed by atoms with van der Waals surface area (Å²) in [7, 11) is 0. The van der Waals surface area contributed by atoms with Gasteiger partial charge in [0.1, 0.15) is 0 Å². The highest BCUT2D eigenvalue weighted by Gasteiger charge is 2.27. The fraction of sp³-hybridized carbons (Fsp3) is 0.588. The van der Waals surface area contributed by atoms with E-state index in [0.29, 0.717) is 29.3 Å². The molecule has 0 radical (unpaired) electrons. The van der Waals surface area contributed by atoms with Crippen LogP contribution in [0, 0.1) is 5.41 Å². The molecule has 1 fully saturated rings. The molecule has 0 unspecified atom stereocenters. The van der Waals surface area contributed by atoms with Gasteiger partial charge >= 0.3 is 5.97 Å². The smallest absolute Gasteiger partial charge is 0.338 e. The van der Waals surface area contributed by atoms with Crippen LogP contribution in [-0.4, -0.2) is 18.6 Å². The number of nitrogen functional groups attached to an aromatic ring is 1. The van der Waals surface area contributed by atoms with E-state index in [1.165, 1.54) is 12.8 Å². The lowest BCUT2D eigenvalue weighted by molar-refractivity contribution is 0.0526. The number of esters is 1. The molecule has 116 valence electrons. The van der Waals surface area contributed by atoms with Crippen molar-refractivity contribution >= 4 is 17.3 Å². The minimum atomic E-state index is -0.301. The Morgan fingerprint density at radius 2 is 2.05 bits per heavy atom. The van der Waals surface area contributed by atoms with Crippen LogP contribution in [0.1, 0.15) is 56.8 Å². The van der Waals surface area contributed by atoms with Gasteiger partial charge in [-0.2, -0.15) is 0 Å². The summed E-state index contributed by atoms with van der Waals surface area (Å²) in [6.07, 6.45) is 4.69. The van der Waals surface area contributed by atoms with Gasteiger partial charge < -0.3 is 15.8 Å². The van der Waals surface area contributed by atoms with E-state index in [1.807, 2.05) is 0 Å². The van der Waals surface area contributed by atoms with E-state index in [2.05, 4.69) is 19.2 Å². The Kier molecular flexibility index (Phi) is 4.76. The van der Waals surface area contributed by atoms with Crippen molar-refractivity contribution in [2.45, 2.75) is 52.5 Å². The molecule has 1 aromatic carbocycles. The zero-order valence-electron chi connectivity index (χ0n) is 13.2. The van der Waals surface area contributed by atoms with E-state index in [1.54, 1.807) is 25.1 Å². The summed E-state index contributed by atoms with van der Waals surface area (Å²) in [4.78, 5) is 11.8. The molecular formula is C17H26N2O2. The predicted molar refractivity (Wildman–Crippen MR) is 86.5 cm³/mol. The first kappa shape index (κ1) is 15.7. The van der Waals surface area contributed by atoms with Crippen LogP contribution in [0.4, 0.5) is 11.4 Å². The van der Waals surface area contributed by atoms with Crippen LogP contribution in [0.2, 0.25) is 0 Å². The van der Waals surface area contributed by atoms with Crippen LogP contribution in [0.25, 0.3) is 0 Å². The van der Waals surface area contributed by atoms with Crippen molar-refractivity contribution in [2.24, 2.45) is 5.41 Å². The van der Waals surface area contributed by atoms with Gasteiger partial charge in [-0.05, 0) is 56.2 Å². The number of rotatable bonds is 4. The standard InChI is InChI=1S/C17H26N2O2/c1-4-21-16(20)12-5-6-14(18)15(11-12)19-13-7-9-17(2,3)10-8-13/h5-6,11,13,19H,4,7-10,18H2,1-3H3. The number of carbonyl (C=O) groups excluding carboxylic acids is 1. The Morgan fingerprint density at radius 3 is 2.67 bits per heavy atom. The van der Waals surface area contributed by atoms with E-state index in [9.17, 15) is 4.79 Å². The van der Waals surface area contributed by atoms with Crippen LogP contribution in [0.5, 0.6) is 0 Å². The zero-order valence-corrected chi connectivity index (χ0v) is 13.2. The maximum Gasteiger partial charge on any atom is 0.338 e. The molecule has 0 amide bonds. The molecule has 2 rings (SSSR count). The first-order valence-corrected chi connectivity index (χ1v) is 7.74. The second-order valence-electron chi connectivity index (χ2n) is 6.61. The lowest BCUT2D eigenvalue weighted by Gasteiger charge is -2.35. The average molecular weight is 290 g/mol. The highest BCUT2D eigenvalue weighted by molar-refractivity contribution is 5.92. The van der Waals surface area contributed by atoms with Crippen molar-refractivity contribution in [1.82, 2.24) is 0 Å². The number of carbonyl (C=O) groups is 1. The largest absolute Gasteiger partial charge is 0.462 e. The molecule has 1 saturated carbocycles. The van der Waals surface area contributed by atoms with Gasteiger partial charge in [-0.3, -0.25) is 0 Å². The summed E-state index contributed by atoms with van der Waals surface area (Å²) >= 11 is 0. The summed E-state index contributed by atoms with van der Waals surface area (Å²) in [5.41, 5.74) is 8.52. The molecule has 0 atom stereocenters. The van der Waals surface area contributed by atoms with Gasteiger partial charge in [0.2, 0.25) is 0 Å². The summed E-state index contributed by atoms with van der Waals surface area (Å²) in [5.74, 6) is -0.301. The van der Waals surface area contributed by atoms with Crippen LogP contribution in [0.15, 0.2) is 18.2 Å². The molecule has 0 saturated heterocycles. The fourth-order valence-corrected chi connectivity index (χ4v) is 2.79. The number of benzene rings is 1. The van der Waals surface area contributed by atoms with E-state index in [-0.39, 0.29) is 5.97 Å². The summed E-state index contributed by atoms with van der Waals surface area (Å²) < 4.78 is 5.03. The monoisotopic (exact) mass is 290 g/mol. The third-order valence-electron chi connectivity index (χ3n) is 4.26. The van der Waals surface area contributed by atoms with Crippen LogP contribution in [0.3, 0.4) is 0 Å². The first-order chi connectivity index (χ1) is 9.91. The molecule has 21 heavy (non-hydrogen) atoms. The van der Waals surface area contributed by atoms with Crippen molar-refractivity contribution in [1.29, 1.82) is 0 Å². The zero-order chi connectivity index (χ0) is 15.5. The second-order valence-corrected chi connectivity index (χ2v) is 6.61. The Bertz CT molecular complexity index is 502. The lowest BCUT2D eigenvalue weighted by Crippen LogP contribution is -2.30. The minimum absolute atomic E-state index is 0.301. The van der Waals surface area contributed by atoms with Crippen molar-refractivity contribution < 1.29 is 9.53 Å². The van der Waals surface area contributed by atoms with Crippen molar-refractivity contribution in [3.8, 4) is 0 Å². The quantitative estimate of drug-likeness (QED) is 0.653. The lowest BCUT2D eigenvalue weighted by atomic mass is 9.75. The summed E-state index contributed by atoms with van der Waals surface area (Å²) in [6.45, 7) is 6.82. The highest BCUT2D eigenvalue weighted by Crippen LogP contribution is 2.36.